The van der Waals surface area contributed by atoms with Gasteiger partial charge in [0.1, 0.15) is 0 Å². The van der Waals surface area contributed by atoms with E-state index in [2.05, 4.69) is 22.3 Å². The number of ether oxygens (including phenoxy) is 1. The quantitative estimate of drug-likeness (QED) is 0.913. The molecule has 0 spiro atoms. The van der Waals surface area contributed by atoms with E-state index in [-0.39, 0.29) is 17.8 Å². The van der Waals surface area contributed by atoms with Gasteiger partial charge in [-0.15, -0.1) is 12.4 Å². The molecule has 1 aliphatic rings. The third kappa shape index (κ3) is 3.66. The lowest BCUT2D eigenvalue weighted by Gasteiger charge is -2.32. The molecule has 0 unspecified atom stereocenters. The molecule has 0 saturated carbocycles. The standard InChI is InChI=1S/C16H21N3O2.ClH/c17-12-16(8-10-20-11-9-16)15-18-14(19-21-15)7-6-13-4-2-1-3-5-13;/h1-5H,6-12,17H2;1H. The summed E-state index contributed by atoms with van der Waals surface area (Å²) in [4.78, 5) is 4.58. The Labute approximate surface area is 136 Å². The maximum atomic E-state index is 5.96. The van der Waals surface area contributed by atoms with E-state index in [9.17, 15) is 0 Å². The molecule has 120 valence electrons. The van der Waals surface area contributed by atoms with Gasteiger partial charge in [0.15, 0.2) is 5.82 Å². The van der Waals surface area contributed by atoms with Crippen LogP contribution in [0.2, 0.25) is 0 Å². The molecule has 1 fully saturated rings. The lowest BCUT2D eigenvalue weighted by Crippen LogP contribution is -2.40. The molecule has 0 aliphatic carbocycles. The number of nitrogens with two attached hydrogens (primary N) is 1. The van der Waals surface area contributed by atoms with Crippen molar-refractivity contribution in [3.8, 4) is 0 Å². The molecule has 2 N–H and O–H groups in total. The molecular formula is C16H22ClN3O2. The Bertz CT molecular complexity index is 568. The Kier molecular flexibility index (Phi) is 5.94. The molecular weight excluding hydrogens is 302 g/mol. The first-order chi connectivity index (χ1) is 10.3. The van der Waals surface area contributed by atoms with Crippen LogP contribution in [0, 0.1) is 0 Å². The molecule has 6 heteroatoms. The summed E-state index contributed by atoms with van der Waals surface area (Å²) in [5.41, 5.74) is 7.04. The predicted molar refractivity (Wildman–Crippen MR) is 86.2 cm³/mol. The van der Waals surface area contributed by atoms with E-state index in [1.165, 1.54) is 5.56 Å². The van der Waals surface area contributed by atoms with Crippen molar-refractivity contribution in [2.45, 2.75) is 31.1 Å². The van der Waals surface area contributed by atoms with Crippen molar-refractivity contribution in [1.29, 1.82) is 0 Å². The molecule has 3 rings (SSSR count). The summed E-state index contributed by atoms with van der Waals surface area (Å²) in [5, 5.41) is 4.12. The van der Waals surface area contributed by atoms with Gasteiger partial charge in [-0.25, -0.2) is 0 Å². The van der Waals surface area contributed by atoms with Gasteiger partial charge in [0.05, 0.1) is 5.41 Å². The zero-order chi connectivity index (χ0) is 14.5. The summed E-state index contributed by atoms with van der Waals surface area (Å²) in [6.45, 7) is 1.94. The average molecular weight is 324 g/mol. The van der Waals surface area contributed by atoms with E-state index >= 15 is 0 Å². The van der Waals surface area contributed by atoms with Crippen molar-refractivity contribution < 1.29 is 9.26 Å². The third-order valence-electron chi connectivity index (χ3n) is 4.24. The van der Waals surface area contributed by atoms with Gasteiger partial charge < -0.3 is 15.0 Å². The Morgan fingerprint density at radius 3 is 2.50 bits per heavy atom. The second-order valence-electron chi connectivity index (χ2n) is 5.60. The molecule has 22 heavy (non-hydrogen) atoms. The smallest absolute Gasteiger partial charge is 0.234 e. The Morgan fingerprint density at radius 2 is 1.82 bits per heavy atom. The number of aromatic nitrogens is 2. The van der Waals surface area contributed by atoms with Crippen molar-refractivity contribution in [2.24, 2.45) is 5.73 Å². The summed E-state index contributed by atoms with van der Waals surface area (Å²) < 4.78 is 10.9. The maximum Gasteiger partial charge on any atom is 0.234 e. The van der Waals surface area contributed by atoms with Gasteiger partial charge in [0.2, 0.25) is 5.89 Å². The number of aryl methyl sites for hydroxylation is 2. The van der Waals surface area contributed by atoms with Crippen LogP contribution >= 0.6 is 12.4 Å². The fourth-order valence-corrected chi connectivity index (χ4v) is 2.74. The van der Waals surface area contributed by atoms with Crippen LogP contribution in [0.5, 0.6) is 0 Å². The SMILES string of the molecule is Cl.NCC1(c2nc(CCc3ccccc3)no2)CCOCC1. The van der Waals surface area contributed by atoms with Crippen LogP contribution < -0.4 is 5.73 Å². The van der Waals surface area contributed by atoms with Crippen LogP contribution in [0.3, 0.4) is 0 Å². The van der Waals surface area contributed by atoms with Gasteiger partial charge in [-0.05, 0) is 24.8 Å². The highest BCUT2D eigenvalue weighted by Gasteiger charge is 2.38. The minimum absolute atomic E-state index is 0. The van der Waals surface area contributed by atoms with Crippen LogP contribution in [-0.2, 0) is 23.0 Å². The number of hydrogen-bond donors (Lipinski definition) is 1. The van der Waals surface area contributed by atoms with Crippen LogP contribution in [0.1, 0.15) is 30.1 Å². The average Bonchev–Trinajstić information content (AvgIpc) is 3.04. The summed E-state index contributed by atoms with van der Waals surface area (Å²) in [6, 6.07) is 10.3. The molecule has 1 aromatic carbocycles. The van der Waals surface area contributed by atoms with Crippen molar-refractivity contribution >= 4 is 12.4 Å². The van der Waals surface area contributed by atoms with Gasteiger partial charge in [-0.3, -0.25) is 0 Å². The summed E-state index contributed by atoms with van der Waals surface area (Å²) in [7, 11) is 0. The summed E-state index contributed by atoms with van der Waals surface area (Å²) in [6.07, 6.45) is 3.40. The number of hydrogen-bond acceptors (Lipinski definition) is 5. The lowest BCUT2D eigenvalue weighted by molar-refractivity contribution is 0.0409. The van der Waals surface area contributed by atoms with Crippen LogP contribution in [-0.4, -0.2) is 29.9 Å². The van der Waals surface area contributed by atoms with Crippen molar-refractivity contribution in [1.82, 2.24) is 10.1 Å². The highest BCUT2D eigenvalue weighted by atomic mass is 35.5. The largest absolute Gasteiger partial charge is 0.381 e. The molecule has 0 bridgehead atoms. The van der Waals surface area contributed by atoms with Crippen LogP contribution in [0.25, 0.3) is 0 Å². The Hall–Kier alpha value is -1.43. The second kappa shape index (κ2) is 7.72. The topological polar surface area (TPSA) is 74.2 Å². The van der Waals surface area contributed by atoms with E-state index in [0.29, 0.717) is 25.6 Å². The maximum absolute atomic E-state index is 5.96. The predicted octanol–water partition coefficient (Wildman–Crippen LogP) is 2.28. The molecule has 0 amide bonds. The summed E-state index contributed by atoms with van der Waals surface area (Å²) in [5.74, 6) is 1.43. The Balaban J connectivity index is 0.00000176. The minimum atomic E-state index is -0.198. The van der Waals surface area contributed by atoms with E-state index in [1.807, 2.05) is 18.2 Å². The van der Waals surface area contributed by atoms with Gasteiger partial charge >= 0.3 is 0 Å². The lowest BCUT2D eigenvalue weighted by atomic mass is 9.80. The number of nitrogens with zero attached hydrogens (tertiary/aromatic N) is 2. The van der Waals surface area contributed by atoms with Crippen molar-refractivity contribution in [3.63, 3.8) is 0 Å². The zero-order valence-corrected chi connectivity index (χ0v) is 13.3. The van der Waals surface area contributed by atoms with Gasteiger partial charge in [-0.1, -0.05) is 35.5 Å². The van der Waals surface area contributed by atoms with E-state index in [1.54, 1.807) is 0 Å². The first-order valence-electron chi connectivity index (χ1n) is 7.47. The molecule has 0 radical (unpaired) electrons. The molecule has 5 nitrogen and oxygen atoms in total. The minimum Gasteiger partial charge on any atom is -0.381 e. The van der Waals surface area contributed by atoms with Crippen LogP contribution in [0.15, 0.2) is 34.9 Å². The van der Waals surface area contributed by atoms with Gasteiger partial charge in [-0.2, -0.15) is 4.98 Å². The van der Waals surface area contributed by atoms with Gasteiger partial charge in [0, 0.05) is 26.2 Å². The Morgan fingerprint density at radius 1 is 1.09 bits per heavy atom. The van der Waals surface area contributed by atoms with Crippen LogP contribution in [0.4, 0.5) is 0 Å². The van der Waals surface area contributed by atoms with E-state index in [0.717, 1.165) is 31.5 Å². The van der Waals surface area contributed by atoms with E-state index in [4.69, 9.17) is 15.0 Å². The number of halogens is 1. The molecule has 1 saturated heterocycles. The highest BCUT2D eigenvalue weighted by molar-refractivity contribution is 5.85. The zero-order valence-electron chi connectivity index (χ0n) is 12.5. The fourth-order valence-electron chi connectivity index (χ4n) is 2.74. The molecule has 1 aromatic heterocycles. The second-order valence-corrected chi connectivity index (χ2v) is 5.60. The number of benzene rings is 1. The van der Waals surface area contributed by atoms with E-state index < -0.39 is 0 Å². The fraction of sp³-hybridized carbons (Fsp3) is 0.500. The van der Waals surface area contributed by atoms with Crippen molar-refractivity contribution in [2.75, 3.05) is 19.8 Å². The molecule has 2 heterocycles. The normalized spacial score (nSPS) is 17.0. The molecule has 0 atom stereocenters. The third-order valence-corrected chi connectivity index (χ3v) is 4.24. The monoisotopic (exact) mass is 323 g/mol. The summed E-state index contributed by atoms with van der Waals surface area (Å²) >= 11 is 0. The first-order valence-corrected chi connectivity index (χ1v) is 7.47. The van der Waals surface area contributed by atoms with Gasteiger partial charge in [0.25, 0.3) is 0 Å². The first kappa shape index (κ1) is 16.9. The molecule has 1 aliphatic heterocycles. The number of rotatable bonds is 5. The van der Waals surface area contributed by atoms with Crippen molar-refractivity contribution in [3.05, 3.63) is 47.6 Å². The highest BCUT2D eigenvalue weighted by Crippen LogP contribution is 2.32. The molecule has 2 aromatic rings.